The second-order valence-corrected chi connectivity index (χ2v) is 4.42. The Balaban J connectivity index is 1.69. The molecule has 0 fully saturated rings. The normalized spacial score (nSPS) is 10.0. The van der Waals surface area contributed by atoms with Crippen LogP contribution < -0.4 is 10.8 Å². The average Bonchev–Trinajstić information content (AvgIpc) is 2.55. The second kappa shape index (κ2) is 7.80. The van der Waals surface area contributed by atoms with Crippen LogP contribution in [0.1, 0.15) is 20.7 Å². The van der Waals surface area contributed by atoms with Gasteiger partial charge in [0.1, 0.15) is 5.75 Å². The third-order valence-electron chi connectivity index (χ3n) is 2.84. The Labute approximate surface area is 127 Å². The molecule has 0 bridgehead atoms. The number of aromatic hydroxyl groups is 1. The molecule has 2 aromatic rings. The van der Waals surface area contributed by atoms with Crippen molar-refractivity contribution < 1.29 is 19.5 Å². The van der Waals surface area contributed by atoms with Gasteiger partial charge in [0.2, 0.25) is 0 Å². The summed E-state index contributed by atoms with van der Waals surface area (Å²) in [6.45, 7) is 0.493. The van der Waals surface area contributed by atoms with Gasteiger partial charge in [0.05, 0.1) is 11.1 Å². The van der Waals surface area contributed by atoms with Crippen LogP contribution in [0.3, 0.4) is 0 Å². The SMILES string of the molecule is O=C(ONCCNC(=O)c1ccccc1O)c1ccccc1. The molecule has 0 saturated carbocycles. The summed E-state index contributed by atoms with van der Waals surface area (Å²) in [5.41, 5.74) is 3.11. The van der Waals surface area contributed by atoms with Crippen LogP contribution in [0.2, 0.25) is 0 Å². The fourth-order valence-corrected chi connectivity index (χ4v) is 1.74. The summed E-state index contributed by atoms with van der Waals surface area (Å²) in [5.74, 6) is -0.967. The highest BCUT2D eigenvalue weighted by Crippen LogP contribution is 2.14. The third-order valence-corrected chi connectivity index (χ3v) is 2.84. The highest BCUT2D eigenvalue weighted by Gasteiger charge is 2.09. The first kappa shape index (κ1) is 15.5. The number of phenolic OH excluding ortho intramolecular Hbond substituents is 1. The van der Waals surface area contributed by atoms with Gasteiger partial charge in [-0.15, -0.1) is 0 Å². The van der Waals surface area contributed by atoms with Gasteiger partial charge in [-0.05, 0) is 24.3 Å². The van der Waals surface area contributed by atoms with Gasteiger partial charge in [-0.2, -0.15) is 5.48 Å². The van der Waals surface area contributed by atoms with Crippen LogP contribution in [0.25, 0.3) is 0 Å². The lowest BCUT2D eigenvalue weighted by molar-refractivity contribution is 0.0258. The molecule has 0 spiro atoms. The number of phenols is 1. The number of nitrogens with one attached hydrogen (secondary N) is 2. The van der Waals surface area contributed by atoms with Crippen LogP contribution in [-0.2, 0) is 4.84 Å². The minimum absolute atomic E-state index is 0.0801. The zero-order valence-electron chi connectivity index (χ0n) is 11.8. The van der Waals surface area contributed by atoms with E-state index in [1.54, 1.807) is 42.5 Å². The topological polar surface area (TPSA) is 87.7 Å². The van der Waals surface area contributed by atoms with Gasteiger partial charge in [-0.1, -0.05) is 30.3 Å². The Hall–Kier alpha value is -2.86. The van der Waals surface area contributed by atoms with Crippen molar-refractivity contribution in [3.8, 4) is 5.75 Å². The van der Waals surface area contributed by atoms with Crippen LogP contribution in [-0.4, -0.2) is 30.1 Å². The van der Waals surface area contributed by atoms with Crippen molar-refractivity contribution in [2.24, 2.45) is 0 Å². The van der Waals surface area contributed by atoms with Gasteiger partial charge in [-0.3, -0.25) is 4.79 Å². The molecule has 3 N–H and O–H groups in total. The van der Waals surface area contributed by atoms with Gasteiger partial charge >= 0.3 is 5.97 Å². The molecule has 6 nitrogen and oxygen atoms in total. The van der Waals surface area contributed by atoms with Crippen molar-refractivity contribution >= 4 is 11.9 Å². The molecule has 6 heteroatoms. The lowest BCUT2D eigenvalue weighted by Gasteiger charge is -2.08. The molecule has 114 valence electrons. The summed E-state index contributed by atoms with van der Waals surface area (Å²) in [6.07, 6.45) is 0. The number of rotatable bonds is 6. The van der Waals surface area contributed by atoms with Crippen LogP contribution in [0.15, 0.2) is 54.6 Å². The molecule has 0 heterocycles. The highest BCUT2D eigenvalue weighted by atomic mass is 16.7. The molecule has 2 rings (SSSR count). The predicted octanol–water partition coefficient (Wildman–Crippen LogP) is 1.48. The number of carbonyl (C=O) groups is 2. The maximum atomic E-state index is 11.8. The fraction of sp³-hybridized carbons (Fsp3) is 0.125. The molecule has 0 radical (unpaired) electrons. The van der Waals surface area contributed by atoms with E-state index >= 15 is 0 Å². The first-order valence-corrected chi connectivity index (χ1v) is 6.74. The maximum Gasteiger partial charge on any atom is 0.356 e. The van der Waals surface area contributed by atoms with Gasteiger partial charge in [0.15, 0.2) is 0 Å². The summed E-state index contributed by atoms with van der Waals surface area (Å²) >= 11 is 0. The first-order chi connectivity index (χ1) is 10.7. The fourth-order valence-electron chi connectivity index (χ4n) is 1.74. The van der Waals surface area contributed by atoms with Crippen LogP contribution >= 0.6 is 0 Å². The maximum absolute atomic E-state index is 11.8. The lowest BCUT2D eigenvalue weighted by Crippen LogP contribution is -2.33. The summed E-state index contributed by atoms with van der Waals surface area (Å²) in [4.78, 5) is 28.2. The van der Waals surface area contributed by atoms with E-state index in [1.165, 1.54) is 12.1 Å². The summed E-state index contributed by atoms with van der Waals surface area (Å²) in [6, 6.07) is 14.8. The van der Waals surface area contributed by atoms with E-state index in [1.807, 2.05) is 0 Å². The zero-order valence-corrected chi connectivity index (χ0v) is 11.8. The molecule has 0 aliphatic heterocycles. The van der Waals surface area contributed by atoms with E-state index < -0.39 is 11.9 Å². The molecule has 0 saturated heterocycles. The summed E-state index contributed by atoms with van der Waals surface area (Å²) < 4.78 is 0. The smallest absolute Gasteiger partial charge is 0.356 e. The van der Waals surface area contributed by atoms with E-state index in [9.17, 15) is 14.7 Å². The Bertz CT molecular complexity index is 644. The monoisotopic (exact) mass is 300 g/mol. The minimum atomic E-state index is -0.493. The number of benzene rings is 2. The van der Waals surface area contributed by atoms with Gasteiger partial charge in [0.25, 0.3) is 5.91 Å². The first-order valence-electron chi connectivity index (χ1n) is 6.74. The molecular weight excluding hydrogens is 284 g/mol. The lowest BCUT2D eigenvalue weighted by atomic mass is 10.2. The molecule has 22 heavy (non-hydrogen) atoms. The molecule has 0 unspecified atom stereocenters. The van der Waals surface area contributed by atoms with Crippen molar-refractivity contribution in [2.45, 2.75) is 0 Å². The van der Waals surface area contributed by atoms with E-state index in [-0.39, 0.29) is 24.4 Å². The highest BCUT2D eigenvalue weighted by molar-refractivity contribution is 5.96. The van der Waals surface area contributed by atoms with Crippen molar-refractivity contribution in [3.63, 3.8) is 0 Å². The number of amides is 1. The predicted molar refractivity (Wildman–Crippen MR) is 80.3 cm³/mol. The van der Waals surface area contributed by atoms with Crippen LogP contribution in [0.4, 0.5) is 0 Å². The Morgan fingerprint density at radius 2 is 1.64 bits per heavy atom. The standard InChI is InChI=1S/C16H16N2O4/c19-14-9-5-4-8-13(14)15(20)17-10-11-18-22-16(21)12-6-2-1-3-7-12/h1-9,18-19H,10-11H2,(H,17,20). The molecule has 0 atom stereocenters. The summed E-state index contributed by atoms with van der Waals surface area (Å²) in [5, 5.41) is 12.1. The number of carbonyl (C=O) groups excluding carboxylic acids is 2. The molecule has 0 aliphatic rings. The van der Waals surface area contributed by atoms with E-state index in [0.717, 1.165) is 0 Å². The third kappa shape index (κ3) is 4.32. The van der Waals surface area contributed by atoms with Crippen molar-refractivity contribution in [1.82, 2.24) is 10.8 Å². The van der Waals surface area contributed by atoms with Crippen molar-refractivity contribution in [3.05, 3.63) is 65.7 Å². The Kier molecular flexibility index (Phi) is 5.50. The number of hydrogen-bond acceptors (Lipinski definition) is 5. The van der Waals surface area contributed by atoms with Crippen LogP contribution in [0.5, 0.6) is 5.75 Å². The van der Waals surface area contributed by atoms with E-state index in [2.05, 4.69) is 10.8 Å². The largest absolute Gasteiger partial charge is 0.507 e. The zero-order chi connectivity index (χ0) is 15.8. The molecular formula is C16H16N2O4. The van der Waals surface area contributed by atoms with Gasteiger partial charge in [-0.25, -0.2) is 4.79 Å². The molecule has 0 aromatic heterocycles. The van der Waals surface area contributed by atoms with Crippen molar-refractivity contribution in [1.29, 1.82) is 0 Å². The van der Waals surface area contributed by atoms with Crippen molar-refractivity contribution in [2.75, 3.05) is 13.1 Å². The quantitative estimate of drug-likeness (QED) is 0.555. The molecule has 1 amide bonds. The van der Waals surface area contributed by atoms with Gasteiger partial charge < -0.3 is 15.3 Å². The number of hydrogen-bond donors (Lipinski definition) is 3. The Morgan fingerprint density at radius 1 is 0.955 bits per heavy atom. The van der Waals surface area contributed by atoms with E-state index in [4.69, 9.17) is 4.84 Å². The van der Waals surface area contributed by atoms with E-state index in [0.29, 0.717) is 5.56 Å². The number of para-hydroxylation sites is 1. The molecule has 2 aromatic carbocycles. The average molecular weight is 300 g/mol. The number of hydroxylamine groups is 1. The summed E-state index contributed by atoms with van der Waals surface area (Å²) in [7, 11) is 0. The van der Waals surface area contributed by atoms with Gasteiger partial charge in [0, 0.05) is 13.1 Å². The molecule has 0 aliphatic carbocycles. The Morgan fingerprint density at radius 3 is 2.36 bits per heavy atom. The second-order valence-electron chi connectivity index (χ2n) is 4.42. The minimum Gasteiger partial charge on any atom is -0.507 e. The van der Waals surface area contributed by atoms with Crippen LogP contribution in [0, 0.1) is 0 Å².